The first-order valence-corrected chi connectivity index (χ1v) is 16.3. The minimum absolute atomic E-state index is 0.331. The van der Waals surface area contributed by atoms with Crippen LogP contribution in [-0.4, -0.2) is 27.7 Å². The maximum Gasteiger partial charge on any atom is 0.303 e. The predicted octanol–water partition coefficient (Wildman–Crippen LogP) is 6.81. The molecule has 0 aliphatic carbocycles. The van der Waals surface area contributed by atoms with Gasteiger partial charge in [0.15, 0.2) is 16.6 Å². The summed E-state index contributed by atoms with van der Waals surface area (Å²) in [5.41, 5.74) is 0. The molecule has 24 heavy (non-hydrogen) atoms. The zero-order chi connectivity index (χ0) is 18.5. The Morgan fingerprint density at radius 1 is 0.750 bits per heavy atom. The Labute approximate surface area is 152 Å². The molecule has 0 amide bonds. The molecule has 1 N–H and O–H groups in total. The first kappa shape index (κ1) is 23.9. The molecule has 144 valence electrons. The second kappa shape index (κ2) is 13.1. The van der Waals surface area contributed by atoms with E-state index < -0.39 is 22.6 Å². The first-order valence-electron chi connectivity index (χ1n) is 10.1. The third-order valence-electron chi connectivity index (χ3n) is 4.60. The molecule has 0 fully saturated rings. The third-order valence-corrected chi connectivity index (χ3v) is 12.1. The number of aliphatic carboxylic acids is 1. The third kappa shape index (κ3) is 15.4. The van der Waals surface area contributed by atoms with Crippen molar-refractivity contribution in [2.45, 2.75) is 116 Å². The van der Waals surface area contributed by atoms with E-state index >= 15 is 0 Å². The molecular formula is C19H42O3Si2. The zero-order valence-electron chi connectivity index (χ0n) is 17.0. The minimum atomic E-state index is -1.48. The van der Waals surface area contributed by atoms with Crippen molar-refractivity contribution >= 4 is 22.6 Å². The van der Waals surface area contributed by atoms with Gasteiger partial charge in [0.25, 0.3) is 0 Å². The molecule has 0 saturated heterocycles. The highest BCUT2D eigenvalue weighted by Crippen LogP contribution is 2.25. The highest BCUT2D eigenvalue weighted by Gasteiger charge is 2.31. The highest BCUT2D eigenvalue weighted by atomic mass is 28.4. The number of carbonyl (C=O) groups is 1. The molecule has 0 aromatic heterocycles. The largest absolute Gasteiger partial charge is 0.481 e. The molecule has 0 bridgehead atoms. The highest BCUT2D eigenvalue weighted by molar-refractivity contribution is 6.84. The van der Waals surface area contributed by atoms with Gasteiger partial charge in [0.1, 0.15) is 0 Å². The molecule has 0 aliphatic heterocycles. The van der Waals surface area contributed by atoms with Crippen molar-refractivity contribution < 1.29 is 14.0 Å². The van der Waals surface area contributed by atoms with Gasteiger partial charge >= 0.3 is 5.97 Å². The second-order valence-electron chi connectivity index (χ2n) is 8.45. The molecule has 0 unspecified atom stereocenters. The van der Waals surface area contributed by atoms with Crippen LogP contribution in [0.15, 0.2) is 0 Å². The van der Waals surface area contributed by atoms with E-state index in [-0.39, 0.29) is 0 Å². The van der Waals surface area contributed by atoms with Gasteiger partial charge in [-0.25, -0.2) is 0 Å². The molecule has 0 aromatic rings. The van der Waals surface area contributed by atoms with Crippen LogP contribution >= 0.6 is 0 Å². The summed E-state index contributed by atoms with van der Waals surface area (Å²) in [6, 6.07) is 2.61. The quantitative estimate of drug-likeness (QED) is 0.238. The van der Waals surface area contributed by atoms with Crippen LogP contribution in [0.1, 0.15) is 77.6 Å². The lowest BCUT2D eigenvalue weighted by Crippen LogP contribution is -2.44. The van der Waals surface area contributed by atoms with Crippen molar-refractivity contribution in [3.63, 3.8) is 0 Å². The maximum absolute atomic E-state index is 10.4. The van der Waals surface area contributed by atoms with Crippen LogP contribution in [0.3, 0.4) is 0 Å². The molecular weight excluding hydrogens is 332 g/mol. The van der Waals surface area contributed by atoms with E-state index in [1.807, 2.05) is 0 Å². The lowest BCUT2D eigenvalue weighted by Gasteiger charge is -2.34. The fourth-order valence-corrected chi connectivity index (χ4v) is 12.4. The molecule has 0 rings (SSSR count). The van der Waals surface area contributed by atoms with Gasteiger partial charge in [-0.1, -0.05) is 64.7 Å². The van der Waals surface area contributed by atoms with E-state index in [1.54, 1.807) is 0 Å². The fraction of sp³-hybridized carbons (Fsp3) is 0.947. The van der Waals surface area contributed by atoms with Crippen LogP contribution < -0.4 is 0 Å². The Hall–Kier alpha value is -0.136. The van der Waals surface area contributed by atoms with Crippen LogP contribution in [0.4, 0.5) is 0 Å². The Morgan fingerprint density at radius 3 is 1.62 bits per heavy atom. The summed E-state index contributed by atoms with van der Waals surface area (Å²) in [5, 5.41) is 8.59. The fourth-order valence-electron chi connectivity index (χ4n) is 3.34. The van der Waals surface area contributed by atoms with Gasteiger partial charge in [0.2, 0.25) is 0 Å². The monoisotopic (exact) mass is 374 g/mol. The minimum Gasteiger partial charge on any atom is -0.481 e. The molecule has 3 nitrogen and oxygen atoms in total. The number of rotatable bonds is 16. The molecule has 0 heterocycles. The van der Waals surface area contributed by atoms with Gasteiger partial charge in [-0.15, -0.1) is 0 Å². The lowest BCUT2D eigenvalue weighted by molar-refractivity contribution is -0.137. The van der Waals surface area contributed by atoms with Gasteiger partial charge in [-0.3, -0.25) is 4.79 Å². The van der Waals surface area contributed by atoms with E-state index in [9.17, 15) is 4.79 Å². The van der Waals surface area contributed by atoms with Crippen LogP contribution in [0.25, 0.3) is 0 Å². The molecule has 0 saturated carbocycles. The SMILES string of the molecule is CCCC[Si](C)(C)O[Si](C)(C)CCCCCCCCCCC(=O)O. The average molecular weight is 375 g/mol. The summed E-state index contributed by atoms with van der Waals surface area (Å²) >= 11 is 0. The Morgan fingerprint density at radius 2 is 1.17 bits per heavy atom. The van der Waals surface area contributed by atoms with Crippen LogP contribution in [0.2, 0.25) is 38.3 Å². The number of hydrogen-bond acceptors (Lipinski definition) is 2. The van der Waals surface area contributed by atoms with Gasteiger partial charge in [-0.05, 0) is 44.7 Å². The normalized spacial score (nSPS) is 12.5. The Bertz CT molecular complexity index is 331. The smallest absolute Gasteiger partial charge is 0.303 e. The molecule has 0 spiro atoms. The van der Waals surface area contributed by atoms with Gasteiger partial charge in [0.05, 0.1) is 0 Å². The molecule has 0 aliphatic rings. The lowest BCUT2D eigenvalue weighted by atomic mass is 10.1. The molecule has 0 radical (unpaired) electrons. The van der Waals surface area contributed by atoms with Gasteiger partial charge < -0.3 is 9.22 Å². The number of carboxylic acid groups (broad SMARTS) is 1. The average Bonchev–Trinajstić information content (AvgIpc) is 2.45. The standard InChI is InChI=1S/C19H42O3Si2/c1-6-7-17-23(2,3)22-24(4,5)18-15-13-11-9-8-10-12-14-16-19(20)21/h6-18H2,1-5H3,(H,20,21). The van der Waals surface area contributed by atoms with Crippen LogP contribution in [0.5, 0.6) is 0 Å². The van der Waals surface area contributed by atoms with E-state index in [4.69, 9.17) is 9.22 Å². The Kier molecular flexibility index (Phi) is 13.0. The number of carboxylic acids is 1. The second-order valence-corrected chi connectivity index (χ2v) is 17.3. The molecule has 0 aromatic carbocycles. The maximum atomic E-state index is 10.4. The van der Waals surface area contributed by atoms with E-state index in [0.29, 0.717) is 6.42 Å². The van der Waals surface area contributed by atoms with Crippen molar-refractivity contribution in [3.05, 3.63) is 0 Å². The van der Waals surface area contributed by atoms with Crippen molar-refractivity contribution in [1.82, 2.24) is 0 Å². The van der Waals surface area contributed by atoms with E-state index in [0.717, 1.165) is 12.8 Å². The summed E-state index contributed by atoms with van der Waals surface area (Å²) in [7, 11) is -2.92. The predicted molar refractivity (Wildman–Crippen MR) is 110 cm³/mol. The summed E-state index contributed by atoms with van der Waals surface area (Å²) in [5.74, 6) is -0.662. The molecule has 5 heteroatoms. The summed E-state index contributed by atoms with van der Waals surface area (Å²) in [6.07, 6.45) is 12.5. The number of hydrogen-bond donors (Lipinski definition) is 1. The Balaban J connectivity index is 3.62. The van der Waals surface area contributed by atoms with E-state index in [1.165, 1.54) is 63.5 Å². The summed E-state index contributed by atoms with van der Waals surface area (Å²) in [6.45, 7) is 11.8. The summed E-state index contributed by atoms with van der Waals surface area (Å²) in [4.78, 5) is 10.4. The van der Waals surface area contributed by atoms with E-state index in [2.05, 4.69) is 33.1 Å². The van der Waals surface area contributed by atoms with Crippen molar-refractivity contribution in [3.8, 4) is 0 Å². The number of unbranched alkanes of at least 4 members (excludes halogenated alkanes) is 8. The van der Waals surface area contributed by atoms with Gasteiger partial charge in [-0.2, -0.15) is 0 Å². The molecule has 0 atom stereocenters. The van der Waals surface area contributed by atoms with Crippen molar-refractivity contribution in [2.75, 3.05) is 0 Å². The van der Waals surface area contributed by atoms with Crippen LogP contribution in [0, 0.1) is 0 Å². The zero-order valence-corrected chi connectivity index (χ0v) is 19.0. The van der Waals surface area contributed by atoms with Gasteiger partial charge in [0, 0.05) is 6.42 Å². The van der Waals surface area contributed by atoms with Crippen molar-refractivity contribution in [2.24, 2.45) is 0 Å². The first-order chi connectivity index (χ1) is 11.2. The van der Waals surface area contributed by atoms with Crippen molar-refractivity contribution in [1.29, 1.82) is 0 Å². The topological polar surface area (TPSA) is 46.5 Å². The summed E-state index contributed by atoms with van der Waals surface area (Å²) < 4.78 is 6.65. The van der Waals surface area contributed by atoms with Crippen LogP contribution in [-0.2, 0) is 8.91 Å².